The number of aromatic hydroxyl groups is 1. The number of esters is 1. The summed E-state index contributed by atoms with van der Waals surface area (Å²) in [4.78, 5) is 53.5. The summed E-state index contributed by atoms with van der Waals surface area (Å²) < 4.78 is 5.90. The summed E-state index contributed by atoms with van der Waals surface area (Å²) in [6.45, 7) is 10.3. The molecule has 0 saturated heterocycles. The fourth-order valence-corrected chi connectivity index (χ4v) is 7.68. The van der Waals surface area contributed by atoms with Gasteiger partial charge in [0, 0.05) is 65.5 Å². The third kappa shape index (κ3) is 5.66. The van der Waals surface area contributed by atoms with Crippen molar-refractivity contribution in [3.05, 3.63) is 113 Å². The Labute approximate surface area is 295 Å². The quantitative estimate of drug-likeness (QED) is 0.238. The van der Waals surface area contributed by atoms with Gasteiger partial charge in [-0.1, -0.05) is 26.0 Å². The van der Waals surface area contributed by atoms with Crippen LogP contribution in [0.2, 0.25) is 0 Å². The van der Waals surface area contributed by atoms with Gasteiger partial charge in [-0.3, -0.25) is 19.6 Å². The van der Waals surface area contributed by atoms with Gasteiger partial charge in [-0.05, 0) is 91.3 Å². The number of hydrogen-bond donors (Lipinski definition) is 3. The molecule has 0 aliphatic carbocycles. The van der Waals surface area contributed by atoms with E-state index in [-0.39, 0.29) is 30.1 Å². The number of ether oxygens (including phenoxy) is 1. The van der Waals surface area contributed by atoms with E-state index >= 15 is 0 Å². The van der Waals surface area contributed by atoms with Crippen molar-refractivity contribution in [3.63, 3.8) is 0 Å². The molecule has 51 heavy (non-hydrogen) atoms. The van der Waals surface area contributed by atoms with Crippen LogP contribution in [0.25, 0.3) is 29.9 Å². The van der Waals surface area contributed by atoms with Crippen molar-refractivity contribution in [3.8, 4) is 5.88 Å². The van der Waals surface area contributed by atoms with Gasteiger partial charge in [0.15, 0.2) is 0 Å². The zero-order valence-corrected chi connectivity index (χ0v) is 30.0. The van der Waals surface area contributed by atoms with Crippen molar-refractivity contribution < 1.29 is 19.5 Å². The second-order valence-corrected chi connectivity index (χ2v) is 13.4. The molecule has 0 saturated carbocycles. The number of aliphatic imine (C=N–C) groups is 1. The predicted octanol–water partition coefficient (Wildman–Crippen LogP) is 4.81. The fraction of sp³-hybridized carbons (Fsp3) is 0.325. The van der Waals surface area contributed by atoms with Gasteiger partial charge in [0.2, 0.25) is 5.88 Å². The second kappa shape index (κ2) is 13.2. The molecule has 8 bridgehead atoms. The van der Waals surface area contributed by atoms with Gasteiger partial charge < -0.3 is 24.6 Å². The van der Waals surface area contributed by atoms with Crippen LogP contribution >= 0.6 is 0 Å². The summed E-state index contributed by atoms with van der Waals surface area (Å²) in [5.41, 5.74) is 11.9. The molecule has 11 heteroatoms. The van der Waals surface area contributed by atoms with Gasteiger partial charge >= 0.3 is 5.97 Å². The minimum atomic E-state index is -0.509. The van der Waals surface area contributed by atoms with Crippen molar-refractivity contribution in [1.29, 1.82) is 0 Å². The number of nitrogens with zero attached hydrogens (tertiary/aromatic N) is 4. The number of pyridine rings is 2. The number of methoxy groups -OCH3 is 1. The number of allylic oxidation sites excluding steroid dienone is 2. The van der Waals surface area contributed by atoms with Gasteiger partial charge in [0.25, 0.3) is 5.56 Å². The fourth-order valence-electron chi connectivity index (χ4n) is 7.68. The molecule has 3 aliphatic heterocycles. The van der Waals surface area contributed by atoms with Crippen LogP contribution < -0.4 is 21.0 Å². The molecule has 3 aliphatic rings. The van der Waals surface area contributed by atoms with Gasteiger partial charge in [-0.25, -0.2) is 4.99 Å². The van der Waals surface area contributed by atoms with Crippen LogP contribution in [0, 0.1) is 25.7 Å². The first-order valence-corrected chi connectivity index (χ1v) is 17.3. The van der Waals surface area contributed by atoms with E-state index in [0.29, 0.717) is 46.0 Å². The molecule has 11 nitrogen and oxygen atoms in total. The number of H-pyrrole nitrogens is 2. The monoisotopic (exact) mass is 686 g/mol. The Morgan fingerprint density at radius 2 is 1.78 bits per heavy atom. The number of aromatic amines is 2. The molecule has 0 aromatic carbocycles. The molecule has 7 heterocycles. The summed E-state index contributed by atoms with van der Waals surface area (Å²) in [5.74, 6) is -1.17. The number of nitrogens with one attached hydrogen (secondary N) is 2. The van der Waals surface area contributed by atoms with Crippen LogP contribution in [-0.4, -0.2) is 50.7 Å². The standard InChI is InChI=1S/C40H42N6O5/c1-8-25-20(2)29-18-33-26(10-9-24-13-15-41-16-14-24)21(3)28(43-33)17-30-22(4)27(11-12-34(47)50-6)37(44-30)36-38-35(39(48)46(51-7)40(36)49)23(5)31(45-38)19-32(25)42-29/h9-10,13-17,19,22,27,42-43,49H,8,11-12,18H2,1-7H3/b10-9+,30-17?,31-19?/t22-,27-/m0/s1. The summed E-state index contributed by atoms with van der Waals surface area (Å²) in [7, 11) is 2.71. The summed E-state index contributed by atoms with van der Waals surface area (Å²) >= 11 is 0. The van der Waals surface area contributed by atoms with Crippen LogP contribution in [0.4, 0.5) is 0 Å². The lowest BCUT2D eigenvalue weighted by atomic mass is 9.84. The maximum atomic E-state index is 13.8. The van der Waals surface area contributed by atoms with Crippen molar-refractivity contribution in [2.75, 3.05) is 14.2 Å². The number of carbonyl (C=O) groups excluding carboxylic acids is 1. The summed E-state index contributed by atoms with van der Waals surface area (Å²) in [6, 6.07) is 3.95. The first-order valence-electron chi connectivity index (χ1n) is 17.3. The third-order valence-corrected chi connectivity index (χ3v) is 10.6. The SMILES string of the molecule is CCc1c2[nH]c(c1C)Cc1[nH]c(c(C)c1/C=C/c1ccncc1)C=C1N=C(c3c(O)n(OC)c(=O)c4c3=NC(=C2)C=4C)[C@@H](CCC(=O)OC)[C@@H]1C. The number of carbonyl (C=O) groups is 1. The molecule has 3 N–H and O–H groups in total. The average molecular weight is 687 g/mol. The van der Waals surface area contributed by atoms with Crippen molar-refractivity contribution in [2.45, 2.75) is 60.3 Å². The topological polar surface area (TPSA) is 147 Å². The van der Waals surface area contributed by atoms with Crippen molar-refractivity contribution in [2.24, 2.45) is 21.8 Å². The van der Waals surface area contributed by atoms with Crippen LogP contribution in [0.1, 0.15) is 89.8 Å². The molecule has 4 aromatic rings. The van der Waals surface area contributed by atoms with E-state index in [2.05, 4.69) is 60.9 Å². The maximum Gasteiger partial charge on any atom is 0.305 e. The molecule has 7 rings (SSSR count). The molecule has 0 amide bonds. The number of rotatable bonds is 7. The molecule has 262 valence electrons. The highest BCUT2D eigenvalue weighted by atomic mass is 16.7. The molecule has 0 spiro atoms. The molecule has 2 atom stereocenters. The van der Waals surface area contributed by atoms with E-state index in [9.17, 15) is 14.7 Å². The van der Waals surface area contributed by atoms with E-state index < -0.39 is 5.56 Å². The predicted molar refractivity (Wildman–Crippen MR) is 198 cm³/mol. The molecular weight excluding hydrogens is 644 g/mol. The van der Waals surface area contributed by atoms with Gasteiger partial charge in [0.1, 0.15) is 7.11 Å². The van der Waals surface area contributed by atoms with Crippen LogP contribution in [-0.2, 0) is 22.4 Å². The Morgan fingerprint density at radius 3 is 2.49 bits per heavy atom. The Balaban J connectivity index is 1.54. The Morgan fingerprint density at radius 1 is 1.04 bits per heavy atom. The van der Waals surface area contributed by atoms with E-state index in [4.69, 9.17) is 19.6 Å². The molecule has 0 unspecified atom stereocenters. The highest BCUT2D eigenvalue weighted by Crippen LogP contribution is 2.39. The first-order chi connectivity index (χ1) is 24.6. The number of hydrogen-bond acceptors (Lipinski definition) is 8. The molecular formula is C40H42N6O5. The minimum absolute atomic E-state index is 0.151. The maximum absolute atomic E-state index is 13.8. The van der Waals surface area contributed by atoms with Gasteiger partial charge in [0.05, 0.1) is 34.7 Å². The zero-order valence-electron chi connectivity index (χ0n) is 30.0. The number of aromatic nitrogens is 4. The summed E-state index contributed by atoms with van der Waals surface area (Å²) in [5, 5.41) is 12.4. The van der Waals surface area contributed by atoms with E-state index in [1.165, 1.54) is 19.8 Å². The van der Waals surface area contributed by atoms with Gasteiger partial charge in [-0.15, -0.1) is 4.73 Å². The molecule has 0 fully saturated rings. The van der Waals surface area contributed by atoms with Crippen LogP contribution in [0.3, 0.4) is 0 Å². The van der Waals surface area contributed by atoms with Crippen molar-refractivity contribution in [1.82, 2.24) is 19.7 Å². The minimum Gasteiger partial charge on any atom is -0.492 e. The second-order valence-electron chi connectivity index (χ2n) is 13.4. The highest BCUT2D eigenvalue weighted by Gasteiger charge is 2.38. The Bertz CT molecular complexity index is 2400. The first kappa shape index (κ1) is 33.8. The van der Waals surface area contributed by atoms with E-state index in [1.54, 1.807) is 12.4 Å². The smallest absolute Gasteiger partial charge is 0.305 e. The van der Waals surface area contributed by atoms with Gasteiger partial charge in [-0.2, -0.15) is 0 Å². The van der Waals surface area contributed by atoms with E-state index in [1.807, 2.05) is 25.1 Å². The zero-order chi connectivity index (χ0) is 36.1. The molecule has 0 radical (unpaired) electrons. The lowest BCUT2D eigenvalue weighted by Crippen LogP contribution is -2.49. The highest BCUT2D eigenvalue weighted by molar-refractivity contribution is 6.07. The van der Waals surface area contributed by atoms with Crippen LogP contribution in [0.15, 0.2) is 50.7 Å². The molecule has 4 aromatic heterocycles. The Kier molecular flexibility index (Phi) is 8.74. The normalized spacial score (nSPS) is 17.7. The summed E-state index contributed by atoms with van der Waals surface area (Å²) in [6.07, 6.45) is 13.8. The van der Waals surface area contributed by atoms with E-state index in [0.717, 1.165) is 61.9 Å². The Hall–Kier alpha value is -5.71. The third-order valence-electron chi connectivity index (χ3n) is 10.6. The van der Waals surface area contributed by atoms with Crippen molar-refractivity contribution >= 4 is 41.6 Å². The number of fused-ring (bicyclic) bond motifs is 7. The largest absolute Gasteiger partial charge is 0.492 e. The lowest BCUT2D eigenvalue weighted by Gasteiger charge is -2.19. The lowest BCUT2D eigenvalue weighted by molar-refractivity contribution is -0.140. The van der Waals surface area contributed by atoms with Crippen LogP contribution in [0.5, 0.6) is 5.88 Å². The average Bonchev–Trinajstić information content (AvgIpc) is 3.80.